The van der Waals surface area contributed by atoms with E-state index in [1.165, 1.54) is 5.57 Å². The van der Waals surface area contributed by atoms with Gasteiger partial charge in [0.05, 0.1) is 23.0 Å². The number of pyridine rings is 1. The summed E-state index contributed by atoms with van der Waals surface area (Å²) in [6.45, 7) is 6.24. The van der Waals surface area contributed by atoms with Crippen molar-refractivity contribution < 1.29 is 9.90 Å². The summed E-state index contributed by atoms with van der Waals surface area (Å²) in [4.78, 5) is 29.4. The fourth-order valence-corrected chi connectivity index (χ4v) is 5.83. The van der Waals surface area contributed by atoms with Crippen LogP contribution < -0.4 is 10.2 Å². The molecule has 5 rings (SSSR count). The molecule has 1 saturated carbocycles. The number of piperidine rings is 1. The highest BCUT2D eigenvalue weighted by atomic mass is 16.3. The van der Waals surface area contributed by atoms with Gasteiger partial charge in [0.2, 0.25) is 5.95 Å². The molecule has 3 heterocycles. The SMILES string of the molecule is CCC(C)C1=Cc2c(ncc(C(=O)CC3CCN(c4ncccn4)CC3)c2NC2CCC(O)CC2)C1. The molecular weight excluding hydrogens is 450 g/mol. The normalized spacial score (nSPS) is 23.2. The lowest BCUT2D eigenvalue weighted by atomic mass is 9.88. The molecule has 192 valence electrons. The Morgan fingerprint density at radius 3 is 2.53 bits per heavy atom. The van der Waals surface area contributed by atoms with E-state index in [0.29, 0.717) is 18.3 Å². The van der Waals surface area contributed by atoms with Gasteiger partial charge in [0.25, 0.3) is 0 Å². The summed E-state index contributed by atoms with van der Waals surface area (Å²) in [5.74, 6) is 1.82. The van der Waals surface area contributed by atoms with E-state index in [1.807, 2.05) is 12.3 Å². The molecule has 2 N–H and O–H groups in total. The maximum Gasteiger partial charge on any atom is 0.225 e. The van der Waals surface area contributed by atoms with Crippen molar-refractivity contribution in [3.8, 4) is 0 Å². The monoisotopic (exact) mass is 489 g/mol. The number of ketones is 1. The minimum Gasteiger partial charge on any atom is -0.393 e. The van der Waals surface area contributed by atoms with E-state index in [-0.39, 0.29) is 17.9 Å². The van der Waals surface area contributed by atoms with Crippen molar-refractivity contribution in [3.05, 3.63) is 47.1 Å². The number of allylic oxidation sites excluding steroid dienone is 1. The lowest BCUT2D eigenvalue weighted by molar-refractivity contribution is 0.0954. The second-order valence-corrected chi connectivity index (χ2v) is 10.9. The fraction of sp³-hybridized carbons (Fsp3) is 0.586. The van der Waals surface area contributed by atoms with Crippen molar-refractivity contribution in [2.45, 2.75) is 83.8 Å². The van der Waals surface area contributed by atoms with Crippen LogP contribution in [-0.2, 0) is 6.42 Å². The fourth-order valence-electron chi connectivity index (χ4n) is 5.83. The maximum absolute atomic E-state index is 13.7. The van der Waals surface area contributed by atoms with Gasteiger partial charge in [-0.1, -0.05) is 25.5 Å². The zero-order chi connectivity index (χ0) is 25.1. The number of fused-ring (bicyclic) bond motifs is 1. The van der Waals surface area contributed by atoms with Crippen molar-refractivity contribution in [2.24, 2.45) is 11.8 Å². The number of carbonyl (C=O) groups is 1. The molecule has 1 unspecified atom stereocenters. The average Bonchev–Trinajstić information content (AvgIpc) is 3.35. The molecule has 3 aliphatic rings. The number of nitrogens with zero attached hydrogens (tertiary/aromatic N) is 4. The zero-order valence-corrected chi connectivity index (χ0v) is 21.6. The van der Waals surface area contributed by atoms with Crippen molar-refractivity contribution >= 4 is 23.5 Å². The van der Waals surface area contributed by atoms with E-state index in [4.69, 9.17) is 4.98 Å². The third kappa shape index (κ3) is 5.46. The third-order valence-electron chi connectivity index (χ3n) is 8.41. The average molecular weight is 490 g/mol. The van der Waals surface area contributed by atoms with Crippen LogP contribution in [0.2, 0.25) is 0 Å². The summed E-state index contributed by atoms with van der Waals surface area (Å²) in [7, 11) is 0. The summed E-state index contributed by atoms with van der Waals surface area (Å²) in [5, 5.41) is 13.7. The van der Waals surface area contributed by atoms with Gasteiger partial charge < -0.3 is 15.3 Å². The van der Waals surface area contributed by atoms with E-state index in [9.17, 15) is 9.90 Å². The van der Waals surface area contributed by atoms with Crippen LogP contribution >= 0.6 is 0 Å². The minimum atomic E-state index is -0.198. The topological polar surface area (TPSA) is 91.2 Å². The first-order valence-electron chi connectivity index (χ1n) is 13.7. The van der Waals surface area contributed by atoms with Crippen LogP contribution in [0.25, 0.3) is 6.08 Å². The highest BCUT2D eigenvalue weighted by molar-refractivity contribution is 6.03. The highest BCUT2D eigenvalue weighted by Gasteiger charge is 2.29. The van der Waals surface area contributed by atoms with Gasteiger partial charge in [-0.05, 0) is 62.8 Å². The molecule has 0 spiro atoms. The molecule has 2 fully saturated rings. The summed E-state index contributed by atoms with van der Waals surface area (Å²) in [5.41, 5.74) is 5.30. The largest absolute Gasteiger partial charge is 0.393 e. The van der Waals surface area contributed by atoms with Crippen molar-refractivity contribution in [1.82, 2.24) is 15.0 Å². The summed E-state index contributed by atoms with van der Waals surface area (Å²) in [6.07, 6.45) is 15.4. The van der Waals surface area contributed by atoms with Gasteiger partial charge in [0.15, 0.2) is 5.78 Å². The van der Waals surface area contributed by atoms with Gasteiger partial charge in [0.1, 0.15) is 0 Å². The zero-order valence-electron chi connectivity index (χ0n) is 21.6. The van der Waals surface area contributed by atoms with Crippen LogP contribution in [-0.4, -0.2) is 51.1 Å². The first-order valence-corrected chi connectivity index (χ1v) is 13.7. The molecule has 0 bridgehead atoms. The van der Waals surface area contributed by atoms with E-state index in [0.717, 1.165) is 92.9 Å². The van der Waals surface area contributed by atoms with E-state index in [2.05, 4.69) is 40.1 Å². The molecule has 1 atom stereocenters. The van der Waals surface area contributed by atoms with Gasteiger partial charge in [-0.25, -0.2) is 9.97 Å². The number of nitrogens with one attached hydrogen (secondary N) is 1. The van der Waals surface area contributed by atoms with Gasteiger partial charge in [-0.15, -0.1) is 0 Å². The Balaban J connectivity index is 1.33. The molecule has 2 aromatic rings. The Morgan fingerprint density at radius 1 is 1.11 bits per heavy atom. The Labute approximate surface area is 214 Å². The number of aliphatic hydroxyl groups excluding tert-OH is 1. The van der Waals surface area contributed by atoms with Gasteiger partial charge in [0, 0.05) is 56.1 Å². The molecule has 7 nitrogen and oxygen atoms in total. The first kappa shape index (κ1) is 24.9. The van der Waals surface area contributed by atoms with E-state index < -0.39 is 0 Å². The van der Waals surface area contributed by atoms with Crippen molar-refractivity contribution in [1.29, 1.82) is 0 Å². The number of carbonyl (C=O) groups excluding carboxylic acids is 1. The number of hydrogen-bond donors (Lipinski definition) is 2. The van der Waals surface area contributed by atoms with E-state index in [1.54, 1.807) is 12.4 Å². The molecule has 0 amide bonds. The van der Waals surface area contributed by atoms with Crippen LogP contribution in [0, 0.1) is 11.8 Å². The summed E-state index contributed by atoms with van der Waals surface area (Å²) < 4.78 is 0. The summed E-state index contributed by atoms with van der Waals surface area (Å²) in [6, 6.07) is 2.11. The number of aromatic nitrogens is 3. The van der Waals surface area contributed by atoms with Gasteiger partial charge >= 0.3 is 0 Å². The highest BCUT2D eigenvalue weighted by Crippen LogP contribution is 2.38. The second-order valence-electron chi connectivity index (χ2n) is 10.9. The third-order valence-corrected chi connectivity index (χ3v) is 8.41. The second kappa shape index (κ2) is 11.1. The van der Waals surface area contributed by atoms with Crippen molar-refractivity contribution in [2.75, 3.05) is 23.3 Å². The van der Waals surface area contributed by atoms with Gasteiger partial charge in [-0.2, -0.15) is 0 Å². The molecule has 1 saturated heterocycles. The number of anilines is 2. The molecular formula is C29H39N5O2. The lowest BCUT2D eigenvalue weighted by Crippen LogP contribution is -2.35. The molecule has 0 radical (unpaired) electrons. The first-order chi connectivity index (χ1) is 17.5. The molecule has 2 aliphatic carbocycles. The number of Topliss-reactive ketones (excluding diaryl/α,β-unsaturated/α-hetero) is 1. The Morgan fingerprint density at radius 2 is 1.83 bits per heavy atom. The van der Waals surface area contributed by atoms with Crippen LogP contribution in [0.1, 0.15) is 86.8 Å². The van der Waals surface area contributed by atoms with Crippen LogP contribution in [0.3, 0.4) is 0 Å². The Kier molecular flexibility index (Phi) is 7.65. The maximum atomic E-state index is 13.7. The molecule has 0 aromatic carbocycles. The van der Waals surface area contributed by atoms with Gasteiger partial charge in [-0.3, -0.25) is 9.78 Å². The predicted molar refractivity (Wildman–Crippen MR) is 143 cm³/mol. The number of hydrogen-bond acceptors (Lipinski definition) is 7. The predicted octanol–water partition coefficient (Wildman–Crippen LogP) is 5.06. The van der Waals surface area contributed by atoms with Crippen molar-refractivity contribution in [3.63, 3.8) is 0 Å². The number of rotatable bonds is 8. The Bertz CT molecular complexity index is 1090. The quantitative estimate of drug-likeness (QED) is 0.501. The standard InChI is InChI=1S/C29H39N5O2/c1-3-19(2)21-16-24-26(17-21)32-18-25(28(24)33-22-5-7-23(35)8-6-22)27(36)15-20-9-13-34(14-10-20)29-30-11-4-12-31-29/h4,11-12,16,18-20,22-23,35H,3,5-10,13-15,17H2,1-2H3,(H,32,33). The van der Waals surface area contributed by atoms with Crippen LogP contribution in [0.4, 0.5) is 11.6 Å². The molecule has 1 aliphatic heterocycles. The summed E-state index contributed by atoms with van der Waals surface area (Å²) >= 11 is 0. The number of aliphatic hydroxyl groups is 1. The minimum absolute atomic E-state index is 0.184. The lowest BCUT2D eigenvalue weighted by Gasteiger charge is -2.32. The van der Waals surface area contributed by atoms with Crippen LogP contribution in [0.15, 0.2) is 30.2 Å². The molecule has 2 aromatic heterocycles. The molecule has 7 heteroatoms. The smallest absolute Gasteiger partial charge is 0.225 e. The van der Waals surface area contributed by atoms with Crippen LogP contribution in [0.5, 0.6) is 0 Å². The van der Waals surface area contributed by atoms with E-state index >= 15 is 0 Å². The molecule has 36 heavy (non-hydrogen) atoms. The Hall–Kier alpha value is -2.80.